The molecule has 1 atom stereocenters. The first kappa shape index (κ1) is 23.6. The Balaban J connectivity index is 2.06. The molecule has 2 aromatic carbocycles. The van der Waals surface area contributed by atoms with Crippen molar-refractivity contribution in [2.45, 2.75) is 12.8 Å². The van der Waals surface area contributed by atoms with Gasteiger partial charge in [-0.2, -0.15) is 0 Å². The average molecular weight is 474 g/mol. The molecular formula is C24H21Cl2NO5. The standard InChI is InChI=1S/C24H21Cl2NO5/c1-14-4-6-15(7-5-14)20(29)13-32-23-16(8-9-21(30-2)24(23)31-3)17(12-28)22-18(25)10-27-11-19(22)26/h4-12,17H,13H2,1-3H3. The van der Waals surface area contributed by atoms with E-state index in [4.69, 9.17) is 37.4 Å². The molecule has 6 nitrogen and oxygen atoms in total. The van der Waals surface area contributed by atoms with Crippen LogP contribution in [0.3, 0.4) is 0 Å². The van der Waals surface area contributed by atoms with Gasteiger partial charge in [-0.1, -0.05) is 59.1 Å². The highest BCUT2D eigenvalue weighted by atomic mass is 35.5. The quantitative estimate of drug-likeness (QED) is 0.309. The molecule has 1 heterocycles. The molecular weight excluding hydrogens is 453 g/mol. The van der Waals surface area contributed by atoms with E-state index in [1.807, 2.05) is 19.1 Å². The van der Waals surface area contributed by atoms with Gasteiger partial charge in [-0.3, -0.25) is 9.78 Å². The van der Waals surface area contributed by atoms with Gasteiger partial charge in [0.05, 0.1) is 30.2 Å². The molecule has 1 unspecified atom stereocenters. The van der Waals surface area contributed by atoms with Gasteiger partial charge in [-0.25, -0.2) is 0 Å². The van der Waals surface area contributed by atoms with Crippen LogP contribution in [0.2, 0.25) is 10.0 Å². The zero-order valence-electron chi connectivity index (χ0n) is 17.7. The van der Waals surface area contributed by atoms with E-state index >= 15 is 0 Å². The van der Waals surface area contributed by atoms with Crippen molar-refractivity contribution in [3.05, 3.63) is 81.1 Å². The monoisotopic (exact) mass is 473 g/mol. The summed E-state index contributed by atoms with van der Waals surface area (Å²) in [6, 6.07) is 10.5. The Morgan fingerprint density at radius 2 is 1.66 bits per heavy atom. The summed E-state index contributed by atoms with van der Waals surface area (Å²) in [5, 5.41) is 0.456. The molecule has 1 aromatic heterocycles. The number of aromatic nitrogens is 1. The van der Waals surface area contributed by atoms with Crippen molar-refractivity contribution in [3.63, 3.8) is 0 Å². The van der Waals surface area contributed by atoms with Crippen molar-refractivity contribution < 1.29 is 23.8 Å². The molecule has 0 aliphatic rings. The maximum absolute atomic E-state index is 12.7. The second kappa shape index (κ2) is 10.5. The number of ether oxygens (including phenoxy) is 3. The number of hydrogen-bond acceptors (Lipinski definition) is 6. The number of rotatable bonds is 9. The van der Waals surface area contributed by atoms with E-state index in [1.54, 1.807) is 24.3 Å². The summed E-state index contributed by atoms with van der Waals surface area (Å²) in [6.07, 6.45) is 3.51. The van der Waals surface area contributed by atoms with Gasteiger partial charge in [0.25, 0.3) is 0 Å². The van der Waals surface area contributed by atoms with Crippen LogP contribution in [0.4, 0.5) is 0 Å². The highest BCUT2D eigenvalue weighted by Gasteiger charge is 2.27. The number of halogens is 2. The van der Waals surface area contributed by atoms with Gasteiger partial charge in [-0.15, -0.1) is 0 Å². The van der Waals surface area contributed by atoms with Gasteiger partial charge in [0.15, 0.2) is 23.9 Å². The number of hydrogen-bond donors (Lipinski definition) is 0. The lowest BCUT2D eigenvalue weighted by atomic mass is 9.92. The Morgan fingerprint density at radius 1 is 1.00 bits per heavy atom. The van der Waals surface area contributed by atoms with E-state index in [2.05, 4.69) is 4.98 Å². The zero-order chi connectivity index (χ0) is 23.3. The van der Waals surface area contributed by atoms with Gasteiger partial charge < -0.3 is 19.0 Å². The largest absolute Gasteiger partial charge is 0.493 e. The van der Waals surface area contributed by atoms with Gasteiger partial charge >= 0.3 is 0 Å². The van der Waals surface area contributed by atoms with E-state index in [0.717, 1.165) is 5.56 Å². The van der Waals surface area contributed by atoms with Crippen LogP contribution in [0.5, 0.6) is 17.2 Å². The molecule has 0 fully saturated rings. The predicted octanol–water partition coefficient (Wildman–Crippen LogP) is 5.31. The Morgan fingerprint density at radius 3 is 2.22 bits per heavy atom. The number of carbonyl (C=O) groups is 2. The summed E-state index contributed by atoms with van der Waals surface area (Å²) < 4.78 is 16.8. The molecule has 32 heavy (non-hydrogen) atoms. The summed E-state index contributed by atoms with van der Waals surface area (Å²) in [5.74, 6) is -0.306. The molecule has 0 radical (unpaired) electrons. The minimum absolute atomic E-state index is 0.188. The first-order valence-electron chi connectivity index (χ1n) is 9.63. The lowest BCUT2D eigenvalue weighted by Gasteiger charge is -2.21. The lowest BCUT2D eigenvalue weighted by Crippen LogP contribution is -2.15. The molecule has 0 aliphatic heterocycles. The maximum atomic E-state index is 12.7. The first-order chi connectivity index (χ1) is 15.4. The third-order valence-electron chi connectivity index (χ3n) is 4.92. The zero-order valence-corrected chi connectivity index (χ0v) is 19.2. The number of pyridine rings is 1. The van der Waals surface area contributed by atoms with Crippen LogP contribution in [-0.2, 0) is 4.79 Å². The van der Waals surface area contributed by atoms with Crippen LogP contribution >= 0.6 is 23.2 Å². The molecule has 3 aromatic rings. The van der Waals surface area contributed by atoms with Gasteiger partial charge in [0, 0.05) is 29.1 Å². The lowest BCUT2D eigenvalue weighted by molar-refractivity contribution is -0.108. The Kier molecular flexibility index (Phi) is 7.72. The van der Waals surface area contributed by atoms with Gasteiger partial charge in [-0.05, 0) is 13.0 Å². The number of methoxy groups -OCH3 is 2. The Labute approximate surface area is 196 Å². The van der Waals surface area contributed by atoms with Crippen molar-refractivity contribution in [2.24, 2.45) is 0 Å². The summed E-state index contributed by atoms with van der Waals surface area (Å²) >= 11 is 12.6. The molecule has 0 N–H and O–H groups in total. The van der Waals surface area contributed by atoms with Crippen LogP contribution in [0.15, 0.2) is 48.8 Å². The van der Waals surface area contributed by atoms with E-state index in [-0.39, 0.29) is 33.9 Å². The molecule has 0 amide bonds. The van der Waals surface area contributed by atoms with Crippen LogP contribution in [-0.4, -0.2) is 37.9 Å². The second-order valence-corrected chi connectivity index (χ2v) is 7.74. The molecule has 0 saturated carbocycles. The number of Topliss-reactive ketones (excluding diaryl/α,β-unsaturated/α-hetero) is 1. The second-order valence-electron chi connectivity index (χ2n) is 6.93. The van der Waals surface area contributed by atoms with Crippen LogP contribution < -0.4 is 14.2 Å². The van der Waals surface area contributed by atoms with Crippen LogP contribution in [0.1, 0.15) is 33.0 Å². The molecule has 0 spiro atoms. The summed E-state index contributed by atoms with van der Waals surface area (Å²) in [7, 11) is 2.92. The van der Waals surface area contributed by atoms with E-state index < -0.39 is 5.92 Å². The molecule has 3 rings (SSSR count). The van der Waals surface area contributed by atoms with Crippen molar-refractivity contribution in [3.8, 4) is 17.2 Å². The van der Waals surface area contributed by atoms with Gasteiger partial charge in [0.1, 0.15) is 6.29 Å². The average Bonchev–Trinajstić information content (AvgIpc) is 2.79. The summed E-state index contributed by atoms with van der Waals surface area (Å²) in [6.45, 7) is 1.66. The highest BCUT2D eigenvalue weighted by molar-refractivity contribution is 6.36. The fourth-order valence-corrected chi connectivity index (χ4v) is 3.88. The smallest absolute Gasteiger partial charge is 0.203 e. The maximum Gasteiger partial charge on any atom is 0.203 e. The van der Waals surface area contributed by atoms with E-state index in [1.165, 1.54) is 26.6 Å². The highest BCUT2D eigenvalue weighted by Crippen LogP contribution is 2.45. The number of benzene rings is 2. The predicted molar refractivity (Wildman–Crippen MR) is 123 cm³/mol. The van der Waals surface area contributed by atoms with Crippen LogP contribution in [0.25, 0.3) is 0 Å². The number of aryl methyl sites for hydroxylation is 1. The van der Waals surface area contributed by atoms with Crippen LogP contribution in [0, 0.1) is 6.92 Å². The van der Waals surface area contributed by atoms with Gasteiger partial charge in [0.2, 0.25) is 5.75 Å². The minimum Gasteiger partial charge on any atom is -0.493 e. The minimum atomic E-state index is -0.887. The van der Waals surface area contributed by atoms with Crippen molar-refractivity contribution in [1.82, 2.24) is 4.98 Å². The summed E-state index contributed by atoms with van der Waals surface area (Å²) in [5.41, 5.74) is 2.34. The molecule has 0 bridgehead atoms. The summed E-state index contributed by atoms with van der Waals surface area (Å²) in [4.78, 5) is 28.8. The Bertz CT molecular complexity index is 1110. The number of ketones is 1. The van der Waals surface area contributed by atoms with E-state index in [9.17, 15) is 9.59 Å². The number of aldehydes is 1. The van der Waals surface area contributed by atoms with Crippen molar-refractivity contribution in [1.29, 1.82) is 0 Å². The molecule has 0 saturated heterocycles. The topological polar surface area (TPSA) is 74.7 Å². The third kappa shape index (κ3) is 4.87. The van der Waals surface area contributed by atoms with Crippen molar-refractivity contribution >= 4 is 35.3 Å². The van der Waals surface area contributed by atoms with Crippen molar-refractivity contribution in [2.75, 3.05) is 20.8 Å². The number of nitrogens with zero attached hydrogens (tertiary/aromatic N) is 1. The third-order valence-corrected chi connectivity index (χ3v) is 5.53. The molecule has 8 heteroatoms. The fraction of sp³-hybridized carbons (Fsp3) is 0.208. The number of carbonyl (C=O) groups excluding carboxylic acids is 2. The molecule has 0 aliphatic carbocycles. The Hall–Kier alpha value is -3.09. The first-order valence-corrected chi connectivity index (χ1v) is 10.4. The fourth-order valence-electron chi connectivity index (χ4n) is 3.28. The van der Waals surface area contributed by atoms with E-state index in [0.29, 0.717) is 28.7 Å². The SMILES string of the molecule is COc1ccc(C(C=O)c2c(Cl)cncc2Cl)c(OCC(=O)c2ccc(C)cc2)c1OC. The molecule has 166 valence electrons. The normalized spacial score (nSPS) is 11.5.